The Kier molecular flexibility index (Phi) is 4.84. The summed E-state index contributed by atoms with van der Waals surface area (Å²) in [5.74, 6) is 3.65. The van der Waals surface area contributed by atoms with Crippen molar-refractivity contribution in [3.63, 3.8) is 0 Å². The standard InChI is InChI=1S/C16H23NOS2/c1-3-17-15(16-11(2)19-8-9-20-16)13-4-5-14-12(10-13)6-7-18-14/h4-5,10-11,15-17H,3,6-9H2,1-2H3. The molecule has 3 rings (SSSR count). The van der Waals surface area contributed by atoms with Gasteiger partial charge in [0.2, 0.25) is 0 Å². The minimum atomic E-state index is 0.457. The minimum Gasteiger partial charge on any atom is -0.493 e. The van der Waals surface area contributed by atoms with Gasteiger partial charge in [-0.25, -0.2) is 0 Å². The van der Waals surface area contributed by atoms with Gasteiger partial charge in [-0.05, 0) is 23.7 Å². The maximum Gasteiger partial charge on any atom is 0.122 e. The first-order valence-corrected chi connectivity index (χ1v) is 9.61. The Morgan fingerprint density at radius 3 is 3.00 bits per heavy atom. The summed E-state index contributed by atoms with van der Waals surface area (Å²) in [6.45, 7) is 6.44. The summed E-state index contributed by atoms with van der Waals surface area (Å²) in [4.78, 5) is 0. The van der Waals surface area contributed by atoms with Gasteiger partial charge in [0, 0.05) is 34.5 Å². The minimum absolute atomic E-state index is 0.457. The third-order valence-electron chi connectivity index (χ3n) is 4.06. The molecule has 0 radical (unpaired) electrons. The maximum atomic E-state index is 5.63. The molecule has 0 spiro atoms. The van der Waals surface area contributed by atoms with Gasteiger partial charge in [0.25, 0.3) is 0 Å². The predicted octanol–water partition coefficient (Wildman–Crippen LogP) is 3.51. The molecule has 1 saturated heterocycles. The van der Waals surface area contributed by atoms with Gasteiger partial charge < -0.3 is 10.1 Å². The van der Waals surface area contributed by atoms with Crippen LogP contribution in [0.3, 0.4) is 0 Å². The van der Waals surface area contributed by atoms with Crippen LogP contribution in [0.5, 0.6) is 5.75 Å². The first-order valence-electron chi connectivity index (χ1n) is 7.52. The normalized spacial score (nSPS) is 26.9. The highest BCUT2D eigenvalue weighted by molar-refractivity contribution is 8.07. The number of fused-ring (bicyclic) bond motifs is 1. The van der Waals surface area contributed by atoms with Crippen LogP contribution in [-0.2, 0) is 6.42 Å². The Bertz CT molecular complexity index is 466. The lowest BCUT2D eigenvalue weighted by molar-refractivity contribution is 0.356. The van der Waals surface area contributed by atoms with E-state index >= 15 is 0 Å². The van der Waals surface area contributed by atoms with Crippen molar-refractivity contribution in [1.29, 1.82) is 0 Å². The maximum absolute atomic E-state index is 5.63. The smallest absolute Gasteiger partial charge is 0.122 e. The third kappa shape index (κ3) is 2.97. The highest BCUT2D eigenvalue weighted by Crippen LogP contribution is 2.39. The zero-order chi connectivity index (χ0) is 13.9. The summed E-state index contributed by atoms with van der Waals surface area (Å²) in [5.41, 5.74) is 2.81. The lowest BCUT2D eigenvalue weighted by Crippen LogP contribution is -2.37. The molecule has 3 unspecified atom stereocenters. The van der Waals surface area contributed by atoms with Crippen LogP contribution in [0.1, 0.15) is 31.0 Å². The van der Waals surface area contributed by atoms with Crippen LogP contribution in [0.4, 0.5) is 0 Å². The number of thioether (sulfide) groups is 2. The predicted molar refractivity (Wildman–Crippen MR) is 90.2 cm³/mol. The second-order valence-electron chi connectivity index (χ2n) is 5.41. The highest BCUT2D eigenvalue weighted by atomic mass is 32.2. The fraction of sp³-hybridized carbons (Fsp3) is 0.625. The summed E-state index contributed by atoms with van der Waals surface area (Å²) < 4.78 is 5.63. The van der Waals surface area contributed by atoms with Crippen molar-refractivity contribution in [2.24, 2.45) is 0 Å². The Morgan fingerprint density at radius 2 is 2.20 bits per heavy atom. The van der Waals surface area contributed by atoms with E-state index in [-0.39, 0.29) is 0 Å². The summed E-state index contributed by atoms with van der Waals surface area (Å²) in [6, 6.07) is 7.23. The van der Waals surface area contributed by atoms with E-state index in [0.717, 1.165) is 25.3 Å². The number of benzene rings is 1. The lowest BCUT2D eigenvalue weighted by Gasteiger charge is -2.35. The van der Waals surface area contributed by atoms with Gasteiger partial charge in [0.05, 0.1) is 6.61 Å². The molecule has 1 fully saturated rings. The van der Waals surface area contributed by atoms with Crippen LogP contribution < -0.4 is 10.1 Å². The van der Waals surface area contributed by atoms with Crippen LogP contribution in [0.25, 0.3) is 0 Å². The molecule has 3 atom stereocenters. The van der Waals surface area contributed by atoms with E-state index in [0.29, 0.717) is 16.5 Å². The van der Waals surface area contributed by atoms with Gasteiger partial charge in [0.15, 0.2) is 0 Å². The zero-order valence-electron chi connectivity index (χ0n) is 12.2. The van der Waals surface area contributed by atoms with Gasteiger partial charge in [-0.15, -0.1) is 0 Å². The number of hydrogen-bond acceptors (Lipinski definition) is 4. The largest absolute Gasteiger partial charge is 0.493 e. The molecule has 0 saturated carbocycles. The quantitative estimate of drug-likeness (QED) is 0.918. The highest BCUT2D eigenvalue weighted by Gasteiger charge is 2.31. The molecule has 2 nitrogen and oxygen atoms in total. The van der Waals surface area contributed by atoms with E-state index < -0.39 is 0 Å². The number of nitrogens with one attached hydrogen (secondary N) is 1. The van der Waals surface area contributed by atoms with Crippen LogP contribution in [-0.4, -0.2) is 35.2 Å². The molecular formula is C16H23NOS2. The van der Waals surface area contributed by atoms with Gasteiger partial charge in [-0.3, -0.25) is 0 Å². The first kappa shape index (κ1) is 14.6. The molecule has 1 N–H and O–H groups in total. The molecule has 0 amide bonds. The molecule has 20 heavy (non-hydrogen) atoms. The van der Waals surface area contributed by atoms with Crippen molar-refractivity contribution < 1.29 is 4.74 Å². The van der Waals surface area contributed by atoms with Crippen molar-refractivity contribution in [2.75, 3.05) is 24.7 Å². The van der Waals surface area contributed by atoms with Gasteiger partial charge in [-0.1, -0.05) is 26.0 Å². The summed E-state index contributed by atoms with van der Waals surface area (Å²) in [6.07, 6.45) is 1.06. The number of ether oxygens (including phenoxy) is 1. The Labute approximate surface area is 130 Å². The topological polar surface area (TPSA) is 21.3 Å². The van der Waals surface area contributed by atoms with E-state index in [9.17, 15) is 0 Å². The molecule has 1 aromatic carbocycles. The molecule has 0 bridgehead atoms. The monoisotopic (exact) mass is 309 g/mol. The zero-order valence-corrected chi connectivity index (χ0v) is 13.9. The average Bonchev–Trinajstić information content (AvgIpc) is 2.93. The van der Waals surface area contributed by atoms with Gasteiger partial charge >= 0.3 is 0 Å². The molecule has 2 aliphatic heterocycles. The van der Waals surface area contributed by atoms with E-state index in [1.54, 1.807) is 0 Å². The van der Waals surface area contributed by atoms with Crippen LogP contribution in [0.15, 0.2) is 18.2 Å². The SMILES string of the molecule is CCNC(c1ccc2c(c1)CCO2)C1SCCSC1C. The van der Waals surface area contributed by atoms with E-state index in [1.807, 2.05) is 0 Å². The fourth-order valence-electron chi connectivity index (χ4n) is 3.06. The second kappa shape index (κ2) is 6.63. The van der Waals surface area contributed by atoms with Gasteiger partial charge in [0.1, 0.15) is 5.75 Å². The average molecular weight is 309 g/mol. The molecule has 0 aliphatic carbocycles. The van der Waals surface area contributed by atoms with E-state index in [4.69, 9.17) is 4.74 Å². The molecule has 4 heteroatoms. The number of hydrogen-bond donors (Lipinski definition) is 1. The van der Waals surface area contributed by atoms with Crippen molar-refractivity contribution in [1.82, 2.24) is 5.32 Å². The molecule has 1 aromatic rings. The molecule has 2 heterocycles. The summed E-state index contributed by atoms with van der Waals surface area (Å²) >= 11 is 4.25. The van der Waals surface area contributed by atoms with Crippen molar-refractivity contribution >= 4 is 23.5 Å². The van der Waals surface area contributed by atoms with Gasteiger partial charge in [-0.2, -0.15) is 23.5 Å². The molecule has 110 valence electrons. The van der Waals surface area contributed by atoms with Crippen molar-refractivity contribution in [3.05, 3.63) is 29.3 Å². The molecule has 2 aliphatic rings. The summed E-state index contributed by atoms with van der Waals surface area (Å²) in [5, 5.41) is 5.09. The van der Waals surface area contributed by atoms with Crippen LogP contribution >= 0.6 is 23.5 Å². The molecular weight excluding hydrogens is 286 g/mol. The molecule has 0 aromatic heterocycles. The van der Waals surface area contributed by atoms with Crippen molar-refractivity contribution in [2.45, 2.75) is 36.8 Å². The summed E-state index contributed by atoms with van der Waals surface area (Å²) in [7, 11) is 0. The second-order valence-corrected chi connectivity index (χ2v) is 8.18. The Hall–Kier alpha value is -0.320. The third-order valence-corrected chi connectivity index (χ3v) is 7.26. The van der Waals surface area contributed by atoms with Crippen molar-refractivity contribution in [3.8, 4) is 5.75 Å². The lowest BCUT2D eigenvalue weighted by atomic mass is 9.98. The van der Waals surface area contributed by atoms with Crippen LogP contribution in [0.2, 0.25) is 0 Å². The number of rotatable bonds is 4. The Morgan fingerprint density at radius 1 is 1.35 bits per heavy atom. The van der Waals surface area contributed by atoms with E-state index in [2.05, 4.69) is 60.9 Å². The Balaban J connectivity index is 1.85. The fourth-order valence-corrected chi connectivity index (χ4v) is 6.01. The van der Waals surface area contributed by atoms with Crippen LogP contribution in [0, 0.1) is 0 Å². The first-order chi connectivity index (χ1) is 9.79. The van der Waals surface area contributed by atoms with E-state index in [1.165, 1.54) is 22.6 Å².